The minimum absolute atomic E-state index is 0.289. The highest BCUT2D eigenvalue weighted by Gasteiger charge is 2.01. The molecule has 3 rings (SSSR count). The number of anilines is 1. The predicted molar refractivity (Wildman–Crippen MR) is 110 cm³/mol. The molecule has 2 heterocycles. The maximum absolute atomic E-state index is 13.0. The first-order valence-electron chi connectivity index (χ1n) is 8.66. The Morgan fingerprint density at radius 2 is 1.93 bits per heavy atom. The molecule has 0 saturated heterocycles. The van der Waals surface area contributed by atoms with Crippen LogP contribution in [-0.4, -0.2) is 31.4 Å². The summed E-state index contributed by atoms with van der Waals surface area (Å²) in [6, 6.07) is 8.11. The van der Waals surface area contributed by atoms with Crippen molar-refractivity contribution in [2.75, 3.05) is 18.4 Å². The molecule has 28 heavy (non-hydrogen) atoms. The smallest absolute Gasteiger partial charge is 0.219 e. The highest BCUT2D eigenvalue weighted by atomic mass is 79.9. The molecule has 0 aliphatic rings. The van der Waals surface area contributed by atoms with E-state index < -0.39 is 11.1 Å². The monoisotopic (exact) mass is 466 g/mol. The molecule has 2 aromatic heterocycles. The Morgan fingerprint density at radius 3 is 2.64 bits per heavy atom. The maximum atomic E-state index is 13.0. The summed E-state index contributed by atoms with van der Waals surface area (Å²) in [6.45, 7) is 3.59. The van der Waals surface area contributed by atoms with E-state index in [0.717, 1.165) is 27.8 Å². The van der Waals surface area contributed by atoms with Gasteiger partial charge < -0.3 is 9.87 Å². The van der Waals surface area contributed by atoms with Gasteiger partial charge in [0, 0.05) is 23.8 Å². The number of rotatable bonds is 7. The predicted octanol–water partition coefficient (Wildman–Crippen LogP) is 3.18. The van der Waals surface area contributed by atoms with Crippen LogP contribution in [0.4, 0.5) is 10.2 Å². The van der Waals surface area contributed by atoms with Crippen LogP contribution in [0.5, 0.6) is 0 Å². The molecule has 1 aromatic carbocycles. The van der Waals surface area contributed by atoms with Gasteiger partial charge in [-0.2, -0.15) is 8.75 Å². The molecule has 0 saturated carbocycles. The number of aryl methyl sites for hydroxylation is 1. The first-order chi connectivity index (χ1) is 13.5. The number of nitrogens with zero attached hydrogens (tertiary/aromatic N) is 3. The molecule has 3 aromatic rings. The van der Waals surface area contributed by atoms with Gasteiger partial charge in [-0.05, 0) is 58.6 Å². The third-order valence-corrected chi connectivity index (χ3v) is 5.07. The molecule has 1 atom stereocenters. The quantitative estimate of drug-likeness (QED) is 0.367. The van der Waals surface area contributed by atoms with Gasteiger partial charge >= 0.3 is 0 Å². The molecule has 0 spiro atoms. The molecule has 0 bridgehead atoms. The number of benzene rings is 1. The van der Waals surface area contributed by atoms with Crippen LogP contribution in [-0.2, 0) is 6.54 Å². The van der Waals surface area contributed by atoms with E-state index >= 15 is 0 Å². The van der Waals surface area contributed by atoms with Crippen LogP contribution in [0.25, 0.3) is 0 Å². The van der Waals surface area contributed by atoms with E-state index in [2.05, 4.69) is 45.0 Å². The second-order valence-electron chi connectivity index (χ2n) is 6.09. The van der Waals surface area contributed by atoms with Crippen LogP contribution < -0.4 is 16.3 Å². The largest absolute Gasteiger partial charge is 0.549 e. The molecule has 1 unspecified atom stereocenters. The van der Waals surface area contributed by atoms with Crippen LogP contribution in [0, 0.1) is 12.7 Å². The minimum atomic E-state index is -1.44. The van der Waals surface area contributed by atoms with E-state index in [1.165, 1.54) is 12.1 Å². The topological polar surface area (TPSA) is 104 Å². The maximum Gasteiger partial charge on any atom is 0.219 e. The van der Waals surface area contributed by atoms with Gasteiger partial charge in [-0.25, -0.2) is 9.37 Å². The van der Waals surface area contributed by atoms with Crippen molar-refractivity contribution in [2.45, 2.75) is 19.9 Å². The highest BCUT2D eigenvalue weighted by molar-refractivity contribution is 9.10. The summed E-state index contributed by atoms with van der Waals surface area (Å²) < 4.78 is 31.1. The fourth-order valence-corrected chi connectivity index (χ4v) is 3.64. The van der Waals surface area contributed by atoms with Gasteiger partial charge in [-0.15, -0.1) is 0 Å². The normalized spacial score (nSPS) is 13.2. The molecular formula is C18H20BrFN6OS. The van der Waals surface area contributed by atoms with E-state index in [1.54, 1.807) is 18.3 Å². The number of H-pyrrole nitrogens is 2. The summed E-state index contributed by atoms with van der Waals surface area (Å²) in [5.74, 6) is 0.557. The Morgan fingerprint density at radius 1 is 1.21 bits per heavy atom. The van der Waals surface area contributed by atoms with Gasteiger partial charge in [0.2, 0.25) is 11.0 Å². The van der Waals surface area contributed by atoms with Gasteiger partial charge in [0.15, 0.2) is 0 Å². The molecule has 0 fully saturated rings. The van der Waals surface area contributed by atoms with Crippen LogP contribution in [0.15, 0.2) is 51.0 Å². The van der Waals surface area contributed by atoms with E-state index in [-0.39, 0.29) is 5.82 Å². The summed E-state index contributed by atoms with van der Waals surface area (Å²) in [7, 11) is 0. The lowest BCUT2D eigenvalue weighted by atomic mass is 10.2. The van der Waals surface area contributed by atoms with Gasteiger partial charge in [-0.1, -0.05) is 12.1 Å². The molecule has 0 amide bonds. The minimum Gasteiger partial charge on any atom is -0.549 e. The number of pyridine rings is 1. The summed E-state index contributed by atoms with van der Waals surface area (Å²) >= 11 is 1.96. The van der Waals surface area contributed by atoms with Crippen molar-refractivity contribution in [2.24, 2.45) is 9.98 Å². The fourth-order valence-electron chi connectivity index (χ4n) is 2.47. The molecule has 7 nitrogen and oxygen atoms in total. The number of aromatic amines is 2. The Balaban J connectivity index is 1.59. The van der Waals surface area contributed by atoms with Crippen molar-refractivity contribution in [1.82, 2.24) is 13.7 Å². The first-order valence-corrected chi connectivity index (χ1v) is 10.6. The van der Waals surface area contributed by atoms with Gasteiger partial charge in [0.25, 0.3) is 0 Å². The average molecular weight is 467 g/mol. The average Bonchev–Trinajstić information content (AvgIpc) is 3.02. The zero-order valence-electron chi connectivity index (χ0n) is 15.2. The molecule has 10 heteroatoms. The Hall–Kier alpha value is -2.30. The Kier molecular flexibility index (Phi) is 7.12. The van der Waals surface area contributed by atoms with Crippen LogP contribution in [0.2, 0.25) is 0 Å². The van der Waals surface area contributed by atoms with Crippen LogP contribution in [0.3, 0.4) is 0 Å². The van der Waals surface area contributed by atoms with E-state index in [9.17, 15) is 8.94 Å². The van der Waals surface area contributed by atoms with Crippen molar-refractivity contribution >= 4 is 32.9 Å². The fraction of sp³-hybridized carbons (Fsp3) is 0.278. The van der Waals surface area contributed by atoms with Crippen LogP contribution >= 0.6 is 27.1 Å². The van der Waals surface area contributed by atoms with Crippen molar-refractivity contribution < 1.29 is 8.94 Å². The van der Waals surface area contributed by atoms with E-state index in [1.807, 2.05) is 13.0 Å². The lowest BCUT2D eigenvalue weighted by Crippen LogP contribution is -2.26. The molecule has 148 valence electrons. The molecule has 3 N–H and O–H groups in total. The first kappa shape index (κ1) is 20.4. The lowest BCUT2D eigenvalue weighted by molar-refractivity contribution is 0.584. The second-order valence-corrected chi connectivity index (χ2v) is 7.96. The van der Waals surface area contributed by atoms with E-state index in [4.69, 9.17) is 0 Å². The van der Waals surface area contributed by atoms with Gasteiger partial charge in [0.1, 0.15) is 22.8 Å². The summed E-state index contributed by atoms with van der Waals surface area (Å²) in [5.41, 5.74) is 2.83. The number of aromatic nitrogens is 3. The summed E-state index contributed by atoms with van der Waals surface area (Å²) in [5, 5.41) is 3.28. The molecule has 0 aliphatic heterocycles. The molecule has 0 radical (unpaired) electrons. The van der Waals surface area contributed by atoms with Gasteiger partial charge in [0.05, 0.1) is 6.54 Å². The molecular weight excluding hydrogens is 447 g/mol. The number of hydrogen-bond donors (Lipinski definition) is 3. The zero-order valence-corrected chi connectivity index (χ0v) is 17.6. The van der Waals surface area contributed by atoms with Crippen LogP contribution in [0.1, 0.15) is 17.5 Å². The van der Waals surface area contributed by atoms with Crippen molar-refractivity contribution in [1.29, 1.82) is 0 Å². The van der Waals surface area contributed by atoms with Gasteiger partial charge in [-0.3, -0.25) is 9.98 Å². The van der Waals surface area contributed by atoms with Crippen molar-refractivity contribution in [3.63, 3.8) is 0 Å². The highest BCUT2D eigenvalue weighted by Crippen LogP contribution is 2.16. The van der Waals surface area contributed by atoms with Crippen molar-refractivity contribution in [3.8, 4) is 0 Å². The number of nitrogens with one attached hydrogen (secondary N) is 3. The zero-order chi connectivity index (χ0) is 19.9. The number of hydrogen-bond acceptors (Lipinski definition) is 5. The standard InChI is InChI=1S/C18H20BrFN6OS/c1-12-9-14(19)11-24-16(12)21-7-2-8-22-17-18(26-28(27)25-17)23-10-13-3-5-15(20)6-4-13/h3-6,9,11H,2,7-8,10H2,1H3,(H,21,24)(H,22,25)(H,23,26). The van der Waals surface area contributed by atoms with Crippen molar-refractivity contribution in [3.05, 3.63) is 68.9 Å². The second kappa shape index (κ2) is 9.76. The Bertz CT molecular complexity index is 1060. The Labute approximate surface area is 172 Å². The summed E-state index contributed by atoms with van der Waals surface area (Å²) in [4.78, 5) is 13.2. The third-order valence-electron chi connectivity index (χ3n) is 3.88. The summed E-state index contributed by atoms with van der Waals surface area (Å²) in [6.07, 6.45) is 2.53. The van der Waals surface area contributed by atoms with E-state index in [0.29, 0.717) is 30.6 Å². The SMILES string of the molecule is Cc1cc(Br)cnc1NCCCN=c1[nH][s+]([O-])[nH]c1=NCc1ccc(F)cc1. The third kappa shape index (κ3) is 5.85. The number of halogens is 2. The molecule has 0 aliphatic carbocycles. The lowest BCUT2D eigenvalue weighted by Gasteiger charge is -2.07.